The number of hydrogen-bond donors (Lipinski definition) is 0. The second-order valence-corrected chi connectivity index (χ2v) is 16.8. The molecule has 1 aliphatic heterocycles. The average molecular weight is 676 g/mol. The minimum absolute atomic E-state index is 0.0659. The summed E-state index contributed by atoms with van der Waals surface area (Å²) in [6.45, 7) is 13.9. The predicted molar refractivity (Wildman–Crippen MR) is 183 cm³/mol. The first kappa shape index (κ1) is 26.4. The van der Waals surface area contributed by atoms with Crippen LogP contribution in [0.2, 0.25) is 0 Å². The van der Waals surface area contributed by atoms with Gasteiger partial charge in [0.25, 0.3) is 0 Å². The molecule has 2 aromatic heterocycles. The van der Waals surface area contributed by atoms with Gasteiger partial charge >= 0.3 is 263 Å². The molecule has 0 amide bonds. The Morgan fingerprint density at radius 3 is 1.83 bits per heavy atom. The molecule has 0 N–H and O–H groups in total. The first-order valence-electron chi connectivity index (χ1n) is 14.7. The van der Waals surface area contributed by atoms with E-state index in [9.17, 15) is 0 Å². The molecule has 2 nitrogen and oxygen atoms in total. The molecule has 1 aliphatic rings. The number of rotatable bonds is 1. The van der Waals surface area contributed by atoms with Gasteiger partial charge in [-0.15, -0.1) is 0 Å². The number of nitrogens with zero attached hydrogens (tertiary/aromatic N) is 2. The molecule has 0 spiro atoms. The van der Waals surface area contributed by atoms with Gasteiger partial charge in [0.05, 0.1) is 0 Å². The van der Waals surface area contributed by atoms with Crippen LogP contribution in [0.3, 0.4) is 0 Å². The molecule has 0 atom stereocenters. The fourth-order valence-corrected chi connectivity index (χ4v) is 9.76. The molecule has 1 radical (unpaired) electrons. The van der Waals surface area contributed by atoms with Crippen molar-refractivity contribution in [1.82, 2.24) is 9.13 Å². The van der Waals surface area contributed by atoms with Crippen LogP contribution in [0.1, 0.15) is 52.7 Å². The van der Waals surface area contributed by atoms with E-state index < -0.39 is 0 Å². The quantitative estimate of drug-likeness (QED) is 0.163. The first-order chi connectivity index (χ1) is 20.0. The normalized spacial score (nSPS) is 13.5. The SMILES string of the molecule is CC(C)(C)c1ccc2c(c1)c1c3c4c(cc1n2-c1ccccc1[Se])c1cc(C(C)(C)C)ccc1n4-c1ccccc1[Se]3. The van der Waals surface area contributed by atoms with Gasteiger partial charge in [-0.2, -0.15) is 0 Å². The standard InChI is InChI=1S/C38H33N2Se2/c1-37(2,3)22-15-17-27-24(19-22)25-21-31-34(36-35(25)40(27)30-12-8-10-14-33(30)42-36)26-20-23(38(4,5)6)16-18-28(26)39(31)29-11-7-9-13-32(29)41/h7-21H,1-6H3. The van der Waals surface area contributed by atoms with Crippen LogP contribution in [0.5, 0.6) is 0 Å². The van der Waals surface area contributed by atoms with Crippen LogP contribution in [0.4, 0.5) is 0 Å². The van der Waals surface area contributed by atoms with Crippen molar-refractivity contribution in [2.24, 2.45) is 0 Å². The Morgan fingerprint density at radius 1 is 0.571 bits per heavy atom. The molecule has 3 heterocycles. The van der Waals surface area contributed by atoms with Crippen molar-refractivity contribution in [3.8, 4) is 11.4 Å². The van der Waals surface area contributed by atoms with Crippen molar-refractivity contribution in [3.05, 3.63) is 102 Å². The summed E-state index contributed by atoms with van der Waals surface area (Å²) in [7, 11) is 0. The van der Waals surface area contributed by atoms with Gasteiger partial charge in [-0.3, -0.25) is 0 Å². The summed E-state index contributed by atoms with van der Waals surface area (Å²) in [6.07, 6.45) is 0. The summed E-state index contributed by atoms with van der Waals surface area (Å²) in [4.78, 5) is 0. The maximum absolute atomic E-state index is 3.35. The third-order valence-corrected chi connectivity index (χ3v) is 12.1. The van der Waals surface area contributed by atoms with E-state index in [1.165, 1.54) is 79.5 Å². The Hall–Kier alpha value is -3.26. The van der Waals surface area contributed by atoms with E-state index in [1.54, 1.807) is 0 Å². The zero-order valence-corrected chi connectivity index (χ0v) is 28.3. The molecule has 42 heavy (non-hydrogen) atoms. The van der Waals surface area contributed by atoms with Crippen LogP contribution < -0.4 is 13.4 Å². The Balaban J connectivity index is 1.64. The average Bonchev–Trinajstić information content (AvgIpc) is 3.46. The molecule has 0 bridgehead atoms. The zero-order valence-electron chi connectivity index (χ0n) is 24.9. The predicted octanol–water partition coefficient (Wildman–Crippen LogP) is 7.24. The second kappa shape index (κ2) is 8.88. The summed E-state index contributed by atoms with van der Waals surface area (Å²) < 4.78 is 9.17. The van der Waals surface area contributed by atoms with Crippen molar-refractivity contribution >= 4 is 88.0 Å². The molecule has 0 saturated carbocycles. The third-order valence-electron chi connectivity index (χ3n) is 8.89. The van der Waals surface area contributed by atoms with E-state index in [1.807, 2.05) is 0 Å². The monoisotopic (exact) mass is 677 g/mol. The maximum atomic E-state index is 3.35. The fraction of sp³-hybridized carbons (Fsp3) is 0.211. The van der Waals surface area contributed by atoms with Crippen LogP contribution in [0.25, 0.3) is 55.0 Å². The molecular weight excluding hydrogens is 642 g/mol. The second-order valence-electron chi connectivity index (χ2n) is 13.7. The van der Waals surface area contributed by atoms with Gasteiger partial charge in [-0.05, 0) is 0 Å². The van der Waals surface area contributed by atoms with Crippen LogP contribution in [0.15, 0.2) is 91.0 Å². The van der Waals surface area contributed by atoms with Crippen molar-refractivity contribution in [1.29, 1.82) is 0 Å². The van der Waals surface area contributed by atoms with Crippen molar-refractivity contribution < 1.29 is 0 Å². The van der Waals surface area contributed by atoms with Gasteiger partial charge in [0.2, 0.25) is 0 Å². The van der Waals surface area contributed by atoms with Crippen LogP contribution in [-0.4, -0.2) is 40.1 Å². The summed E-state index contributed by atoms with van der Waals surface area (Å²) in [6, 6.07) is 34.5. The molecule has 0 unspecified atom stereocenters. The summed E-state index contributed by atoms with van der Waals surface area (Å²) in [5.41, 5.74) is 10.7. The number of benzene rings is 5. The summed E-state index contributed by atoms with van der Waals surface area (Å²) in [5.74, 6) is 0. The summed E-state index contributed by atoms with van der Waals surface area (Å²) >= 11 is 3.52. The fourth-order valence-electron chi connectivity index (χ4n) is 6.65. The van der Waals surface area contributed by atoms with Gasteiger partial charge in [-0.1, -0.05) is 0 Å². The molecule has 8 rings (SSSR count). The summed E-state index contributed by atoms with van der Waals surface area (Å²) in [5, 5.41) is 5.46. The van der Waals surface area contributed by atoms with Crippen molar-refractivity contribution in [3.63, 3.8) is 0 Å². The number of aromatic nitrogens is 2. The van der Waals surface area contributed by atoms with E-state index in [0.29, 0.717) is 0 Å². The van der Waals surface area contributed by atoms with E-state index in [4.69, 9.17) is 0 Å². The molecule has 0 aliphatic carbocycles. The van der Waals surface area contributed by atoms with Gasteiger partial charge in [0, 0.05) is 0 Å². The third kappa shape index (κ3) is 3.69. The first-order valence-corrected chi connectivity index (χ1v) is 17.2. The molecule has 7 aromatic rings. The van der Waals surface area contributed by atoms with E-state index in [0.717, 1.165) is 0 Å². The van der Waals surface area contributed by atoms with E-state index in [-0.39, 0.29) is 25.8 Å². The molecule has 207 valence electrons. The Bertz CT molecular complexity index is 2250. The Kier molecular flexibility index (Phi) is 5.58. The van der Waals surface area contributed by atoms with Crippen molar-refractivity contribution in [2.75, 3.05) is 0 Å². The van der Waals surface area contributed by atoms with Gasteiger partial charge in [-0.25, -0.2) is 0 Å². The zero-order chi connectivity index (χ0) is 29.1. The van der Waals surface area contributed by atoms with Gasteiger partial charge < -0.3 is 0 Å². The molecule has 4 heteroatoms. The van der Waals surface area contributed by atoms with Gasteiger partial charge in [0.15, 0.2) is 0 Å². The van der Waals surface area contributed by atoms with Crippen LogP contribution in [0, 0.1) is 0 Å². The van der Waals surface area contributed by atoms with Gasteiger partial charge in [0.1, 0.15) is 0 Å². The Morgan fingerprint density at radius 2 is 1.17 bits per heavy atom. The van der Waals surface area contributed by atoms with Crippen LogP contribution >= 0.6 is 0 Å². The topological polar surface area (TPSA) is 9.86 Å². The number of fused-ring (bicyclic) bond motifs is 9. The Labute approximate surface area is 261 Å². The molecule has 0 saturated heterocycles. The number of hydrogen-bond acceptors (Lipinski definition) is 0. The van der Waals surface area contributed by atoms with Crippen LogP contribution in [-0.2, 0) is 10.8 Å². The molecular formula is C38H33N2Se2. The number of para-hydroxylation sites is 2. The van der Waals surface area contributed by atoms with E-state index >= 15 is 0 Å². The molecule has 0 fully saturated rings. The van der Waals surface area contributed by atoms with E-state index in [2.05, 4.69) is 158 Å². The molecule has 5 aromatic carbocycles. The minimum atomic E-state index is 0.0659. The van der Waals surface area contributed by atoms with Crippen molar-refractivity contribution in [2.45, 2.75) is 52.4 Å².